The Kier molecular flexibility index (Phi) is 8.92. The molecule has 1 aromatic heterocycles. The van der Waals surface area contributed by atoms with Crippen LogP contribution in [0.15, 0.2) is 36.7 Å². The van der Waals surface area contributed by atoms with Gasteiger partial charge < -0.3 is 9.47 Å². The summed E-state index contributed by atoms with van der Waals surface area (Å²) < 4.78 is 10.5. The lowest BCUT2D eigenvalue weighted by atomic mass is 10.1. The monoisotopic (exact) mass is 370 g/mol. The third-order valence-corrected chi connectivity index (χ3v) is 4.35. The largest absolute Gasteiger partial charge is 0.425 e. The Morgan fingerprint density at radius 2 is 1.67 bits per heavy atom. The predicted molar refractivity (Wildman–Crippen MR) is 107 cm³/mol. The van der Waals surface area contributed by atoms with E-state index in [1.807, 2.05) is 31.5 Å². The molecule has 1 atom stereocenters. The van der Waals surface area contributed by atoms with Crippen LogP contribution in [0.3, 0.4) is 0 Å². The second kappa shape index (κ2) is 11.4. The lowest BCUT2D eigenvalue weighted by molar-refractivity contribution is -0.145. The summed E-state index contributed by atoms with van der Waals surface area (Å²) in [5.41, 5.74) is 2.06. The van der Waals surface area contributed by atoms with Gasteiger partial charge >= 0.3 is 5.97 Å². The molecule has 0 aliphatic rings. The van der Waals surface area contributed by atoms with E-state index in [0.29, 0.717) is 18.2 Å². The van der Waals surface area contributed by atoms with Crippen LogP contribution in [0.1, 0.15) is 58.4 Å². The Morgan fingerprint density at radius 3 is 2.30 bits per heavy atom. The second-order valence-electron chi connectivity index (χ2n) is 6.62. The maximum absolute atomic E-state index is 11.9. The number of ether oxygens (including phenoxy) is 2. The Morgan fingerprint density at radius 1 is 1.00 bits per heavy atom. The van der Waals surface area contributed by atoms with E-state index in [1.54, 1.807) is 19.1 Å². The molecule has 0 aliphatic carbocycles. The standard InChI is InChI=1S/C22H30N2O3/c1-4-6-7-8-9-10-18-15-23-21(24-16-18)19-11-13-20(14-12-19)27-22(25)17(3)26-5-2/h11-17H,4-10H2,1-3H3. The van der Waals surface area contributed by atoms with E-state index in [0.717, 1.165) is 12.0 Å². The van der Waals surface area contributed by atoms with Gasteiger partial charge in [-0.15, -0.1) is 0 Å². The number of rotatable bonds is 11. The minimum Gasteiger partial charge on any atom is -0.425 e. The highest BCUT2D eigenvalue weighted by Gasteiger charge is 2.15. The highest BCUT2D eigenvalue weighted by molar-refractivity contribution is 5.77. The first-order chi connectivity index (χ1) is 13.1. The van der Waals surface area contributed by atoms with Crippen molar-refractivity contribution in [2.75, 3.05) is 6.61 Å². The predicted octanol–water partition coefficient (Wildman–Crippen LogP) is 4.99. The molecule has 0 amide bonds. The average molecular weight is 370 g/mol. The van der Waals surface area contributed by atoms with Gasteiger partial charge in [0.05, 0.1) is 0 Å². The van der Waals surface area contributed by atoms with Crippen molar-refractivity contribution in [1.82, 2.24) is 9.97 Å². The number of nitrogens with zero attached hydrogens (tertiary/aromatic N) is 2. The van der Waals surface area contributed by atoms with Crippen molar-refractivity contribution in [2.24, 2.45) is 0 Å². The summed E-state index contributed by atoms with van der Waals surface area (Å²) in [6.07, 6.45) is 10.6. The molecule has 1 unspecified atom stereocenters. The molecule has 1 heterocycles. The molecule has 0 radical (unpaired) electrons. The number of aromatic nitrogens is 2. The summed E-state index contributed by atoms with van der Waals surface area (Å²) in [5, 5.41) is 0. The van der Waals surface area contributed by atoms with E-state index in [4.69, 9.17) is 9.47 Å². The van der Waals surface area contributed by atoms with Gasteiger partial charge in [0.15, 0.2) is 11.9 Å². The van der Waals surface area contributed by atoms with Crippen molar-refractivity contribution in [3.63, 3.8) is 0 Å². The molecule has 27 heavy (non-hydrogen) atoms. The smallest absolute Gasteiger partial charge is 0.340 e. The zero-order valence-electron chi connectivity index (χ0n) is 16.6. The van der Waals surface area contributed by atoms with Crippen LogP contribution in [0.25, 0.3) is 11.4 Å². The van der Waals surface area contributed by atoms with Crippen LogP contribution in [-0.4, -0.2) is 28.6 Å². The van der Waals surface area contributed by atoms with E-state index in [2.05, 4.69) is 16.9 Å². The van der Waals surface area contributed by atoms with Gasteiger partial charge in [0, 0.05) is 24.6 Å². The Hall–Kier alpha value is -2.27. The number of carbonyl (C=O) groups excluding carboxylic acids is 1. The quantitative estimate of drug-likeness (QED) is 0.317. The summed E-state index contributed by atoms with van der Waals surface area (Å²) in [6.45, 7) is 6.22. The first kappa shape index (κ1) is 21.0. The zero-order valence-corrected chi connectivity index (χ0v) is 16.6. The van der Waals surface area contributed by atoms with Crippen LogP contribution in [0.5, 0.6) is 5.75 Å². The first-order valence-corrected chi connectivity index (χ1v) is 9.88. The second-order valence-corrected chi connectivity index (χ2v) is 6.62. The molecule has 0 saturated carbocycles. The lowest BCUT2D eigenvalue weighted by Gasteiger charge is -2.11. The van der Waals surface area contributed by atoms with E-state index in [-0.39, 0.29) is 0 Å². The summed E-state index contributed by atoms with van der Waals surface area (Å²) in [6, 6.07) is 7.20. The van der Waals surface area contributed by atoms with Crippen molar-refractivity contribution in [1.29, 1.82) is 0 Å². The Bertz CT molecular complexity index is 684. The maximum atomic E-state index is 11.9. The normalized spacial score (nSPS) is 12.0. The molecule has 5 heteroatoms. The molecular weight excluding hydrogens is 340 g/mol. The third kappa shape index (κ3) is 7.10. The van der Waals surface area contributed by atoms with Gasteiger partial charge in [0.25, 0.3) is 0 Å². The molecule has 0 fully saturated rings. The summed E-state index contributed by atoms with van der Waals surface area (Å²) in [4.78, 5) is 20.8. The number of unbranched alkanes of at least 4 members (excludes halogenated alkanes) is 4. The molecule has 0 N–H and O–H groups in total. The highest BCUT2D eigenvalue weighted by atomic mass is 16.6. The minimum atomic E-state index is -0.576. The van der Waals surface area contributed by atoms with Gasteiger partial charge in [-0.05, 0) is 56.5 Å². The number of benzene rings is 1. The van der Waals surface area contributed by atoms with E-state index in [9.17, 15) is 4.79 Å². The number of aryl methyl sites for hydroxylation is 1. The van der Waals surface area contributed by atoms with Crippen molar-refractivity contribution < 1.29 is 14.3 Å². The summed E-state index contributed by atoms with van der Waals surface area (Å²) in [7, 11) is 0. The van der Waals surface area contributed by atoms with Crippen LogP contribution in [-0.2, 0) is 16.0 Å². The number of hydrogen-bond donors (Lipinski definition) is 0. The van der Waals surface area contributed by atoms with Gasteiger partial charge in [0.2, 0.25) is 0 Å². The van der Waals surface area contributed by atoms with Gasteiger partial charge in [-0.1, -0.05) is 32.6 Å². The van der Waals surface area contributed by atoms with Gasteiger partial charge in [0.1, 0.15) is 5.75 Å². The molecule has 5 nitrogen and oxygen atoms in total. The molecule has 0 bridgehead atoms. The zero-order chi connectivity index (χ0) is 19.5. The number of carbonyl (C=O) groups is 1. The average Bonchev–Trinajstić information content (AvgIpc) is 2.69. The van der Waals surface area contributed by atoms with Crippen molar-refractivity contribution in [2.45, 2.75) is 65.4 Å². The van der Waals surface area contributed by atoms with Crippen LogP contribution < -0.4 is 4.74 Å². The summed E-state index contributed by atoms with van der Waals surface area (Å²) >= 11 is 0. The molecule has 2 aromatic rings. The molecule has 0 spiro atoms. The molecule has 0 aliphatic heterocycles. The topological polar surface area (TPSA) is 61.3 Å². The van der Waals surface area contributed by atoms with Crippen molar-refractivity contribution >= 4 is 5.97 Å². The van der Waals surface area contributed by atoms with Crippen molar-refractivity contribution in [3.8, 4) is 17.1 Å². The fourth-order valence-electron chi connectivity index (χ4n) is 2.75. The van der Waals surface area contributed by atoms with E-state index < -0.39 is 12.1 Å². The van der Waals surface area contributed by atoms with E-state index in [1.165, 1.54) is 37.7 Å². The number of hydrogen-bond acceptors (Lipinski definition) is 5. The fraction of sp³-hybridized carbons (Fsp3) is 0.500. The Balaban J connectivity index is 1.88. The molecule has 2 rings (SSSR count). The lowest BCUT2D eigenvalue weighted by Crippen LogP contribution is -2.25. The minimum absolute atomic E-state index is 0.399. The summed E-state index contributed by atoms with van der Waals surface area (Å²) in [5.74, 6) is 0.758. The fourth-order valence-corrected chi connectivity index (χ4v) is 2.75. The van der Waals surface area contributed by atoms with E-state index >= 15 is 0 Å². The number of esters is 1. The molecule has 1 aromatic carbocycles. The third-order valence-electron chi connectivity index (χ3n) is 4.35. The van der Waals surface area contributed by atoms with Gasteiger partial charge in [-0.3, -0.25) is 0 Å². The molecule has 146 valence electrons. The van der Waals surface area contributed by atoms with Crippen LogP contribution >= 0.6 is 0 Å². The van der Waals surface area contributed by atoms with Crippen LogP contribution in [0, 0.1) is 0 Å². The SMILES string of the molecule is CCCCCCCc1cnc(-c2ccc(OC(=O)C(C)OCC)cc2)nc1. The molecular formula is C22H30N2O3. The molecule has 0 saturated heterocycles. The van der Waals surface area contributed by atoms with Gasteiger partial charge in [-0.2, -0.15) is 0 Å². The van der Waals surface area contributed by atoms with Crippen LogP contribution in [0.4, 0.5) is 0 Å². The van der Waals surface area contributed by atoms with Crippen LogP contribution in [0.2, 0.25) is 0 Å². The van der Waals surface area contributed by atoms with Crippen molar-refractivity contribution in [3.05, 3.63) is 42.2 Å². The maximum Gasteiger partial charge on any atom is 0.340 e. The Labute approximate surface area is 162 Å². The van der Waals surface area contributed by atoms with Gasteiger partial charge in [-0.25, -0.2) is 14.8 Å². The highest BCUT2D eigenvalue weighted by Crippen LogP contribution is 2.20. The first-order valence-electron chi connectivity index (χ1n) is 9.88.